The van der Waals surface area contributed by atoms with Crippen molar-refractivity contribution in [2.24, 2.45) is 14.1 Å². The topological polar surface area (TPSA) is 30.8 Å². The maximum atomic E-state index is 6.54. The van der Waals surface area contributed by atoms with Gasteiger partial charge in [-0.3, -0.25) is 0 Å². The molecule has 0 spiro atoms. The quantitative estimate of drug-likeness (QED) is 0.104. The molecule has 5 nitrogen and oxygen atoms in total. The van der Waals surface area contributed by atoms with E-state index in [4.69, 9.17) is 4.42 Å². The molecule has 0 aliphatic carbocycles. The van der Waals surface area contributed by atoms with Crippen LogP contribution < -0.4 is 41.9 Å². The number of imidazole rings is 2. The van der Waals surface area contributed by atoms with Crippen molar-refractivity contribution in [3.05, 3.63) is 157 Å². The Morgan fingerprint density at radius 1 is 0.460 bits per heavy atom. The average molecular weight is 885 g/mol. The molecule has 0 unspecified atom stereocenters. The van der Waals surface area contributed by atoms with Crippen molar-refractivity contribution in [3.63, 3.8) is 0 Å². The highest BCUT2D eigenvalue weighted by atomic mass is 32.2. The number of benzene rings is 6. The van der Waals surface area contributed by atoms with Crippen molar-refractivity contribution in [3.8, 4) is 33.8 Å². The third-order valence-electron chi connectivity index (χ3n) is 13.7. The number of nitrogens with zero attached hydrogens (tertiary/aromatic N) is 4. The molecule has 4 aliphatic heterocycles. The van der Waals surface area contributed by atoms with Crippen LogP contribution in [0.4, 0.5) is 0 Å². The monoisotopic (exact) mass is 884 g/mol. The van der Waals surface area contributed by atoms with Gasteiger partial charge in [-0.1, -0.05) is 142 Å². The number of fused-ring (bicyclic) bond motifs is 8. The first kappa shape index (κ1) is 38.0. The fraction of sp³-hybridized carbons (Fsp3) is 0.115. The molecule has 13 rings (SSSR count). The zero-order valence-corrected chi connectivity index (χ0v) is 38.8. The summed E-state index contributed by atoms with van der Waals surface area (Å²) < 4.78 is 15.1. The van der Waals surface area contributed by atoms with Gasteiger partial charge in [0.25, 0.3) is 0 Å². The first-order valence-corrected chi connectivity index (χ1v) is 24.5. The van der Waals surface area contributed by atoms with Gasteiger partial charge in [0, 0.05) is 73.1 Å². The maximum absolute atomic E-state index is 6.54. The van der Waals surface area contributed by atoms with Crippen LogP contribution in [0.25, 0.3) is 33.8 Å². The van der Waals surface area contributed by atoms with E-state index in [9.17, 15) is 0 Å². The fourth-order valence-corrected chi connectivity index (χ4v) is 14.7. The van der Waals surface area contributed by atoms with Crippen LogP contribution in [0.3, 0.4) is 0 Å². The highest BCUT2D eigenvalue weighted by Gasteiger charge is 2.40. The van der Waals surface area contributed by atoms with Crippen LogP contribution >= 0.6 is 47.0 Å². The van der Waals surface area contributed by atoms with Gasteiger partial charge in [0.15, 0.2) is 0 Å². The lowest BCUT2D eigenvalue weighted by Crippen LogP contribution is -2.58. The molecular weight excluding hydrogens is 846 g/mol. The molecule has 0 N–H and O–H groups in total. The van der Waals surface area contributed by atoms with Gasteiger partial charge in [-0.2, -0.15) is 0 Å². The fourth-order valence-electron chi connectivity index (χ4n) is 10.0. The molecule has 0 saturated heterocycles. The van der Waals surface area contributed by atoms with Gasteiger partial charge < -0.3 is 22.7 Å². The van der Waals surface area contributed by atoms with Crippen molar-refractivity contribution < 1.29 is 13.6 Å². The molecule has 0 radical (unpaired) electrons. The molecule has 0 atom stereocenters. The second-order valence-electron chi connectivity index (χ2n) is 17.1. The van der Waals surface area contributed by atoms with Crippen LogP contribution in [0.2, 0.25) is 0 Å². The third kappa shape index (κ3) is 5.72. The zero-order chi connectivity index (χ0) is 42.4. The molecule has 302 valence electrons. The molecule has 3 aromatic heterocycles. The van der Waals surface area contributed by atoms with E-state index in [0.717, 1.165) is 33.8 Å². The van der Waals surface area contributed by atoms with Gasteiger partial charge in [0.2, 0.25) is 26.1 Å². The Morgan fingerprint density at radius 3 is 1.32 bits per heavy atom. The van der Waals surface area contributed by atoms with E-state index in [2.05, 4.69) is 188 Å². The molecule has 63 heavy (non-hydrogen) atoms. The van der Waals surface area contributed by atoms with Gasteiger partial charge in [0.1, 0.15) is 5.76 Å². The number of aromatic nitrogens is 4. The van der Waals surface area contributed by atoms with E-state index >= 15 is 0 Å². The van der Waals surface area contributed by atoms with Crippen LogP contribution in [0.5, 0.6) is 0 Å². The second-order valence-corrected chi connectivity index (χ2v) is 21.4. The second kappa shape index (κ2) is 14.0. The highest BCUT2D eigenvalue weighted by molar-refractivity contribution is 8.02. The molecular formula is C52H38B2N4OS4. The predicted octanol–water partition coefficient (Wildman–Crippen LogP) is 7.57. The molecule has 6 aromatic carbocycles. The molecule has 0 saturated carbocycles. The summed E-state index contributed by atoms with van der Waals surface area (Å²) in [4.78, 5) is 10.6. The Kier molecular flexibility index (Phi) is 8.47. The largest absolute Gasteiger partial charge is 0.464 e. The van der Waals surface area contributed by atoms with Gasteiger partial charge in [0.05, 0.1) is 31.7 Å². The molecule has 9 aromatic rings. The van der Waals surface area contributed by atoms with E-state index in [1.807, 2.05) is 53.3 Å². The van der Waals surface area contributed by atoms with Crippen molar-refractivity contribution in [1.82, 2.24) is 9.13 Å². The Hall–Kier alpha value is -5.45. The minimum Gasteiger partial charge on any atom is -0.464 e. The Labute approximate surface area is 385 Å². The molecule has 0 bridgehead atoms. The first-order chi connectivity index (χ1) is 30.7. The molecule has 7 heterocycles. The minimum absolute atomic E-state index is 0.109. The third-order valence-corrected chi connectivity index (χ3v) is 18.4. The van der Waals surface area contributed by atoms with Gasteiger partial charge in [-0.25, -0.2) is 0 Å². The van der Waals surface area contributed by atoms with E-state index < -0.39 is 0 Å². The molecule has 0 amide bonds. The van der Waals surface area contributed by atoms with Crippen LogP contribution in [0.1, 0.15) is 22.8 Å². The van der Waals surface area contributed by atoms with Crippen LogP contribution in [0, 0.1) is 40.3 Å². The van der Waals surface area contributed by atoms with Crippen molar-refractivity contribution in [2.45, 2.75) is 66.9 Å². The number of hydrogen-bond acceptors (Lipinski definition) is 5. The SMILES string of the molecule is Cc1c(C)[n+](C)[c-]n1-c1ccc2c(c1)B1c3cc(-c4coc(-c5ccc6c(c5)B5c7cc(-n8[c-][n+](C)c(C)c8C)ccc7Sc7cccc(c75)S6)c4)ccc3Sc3cccc(c31)S2. The Morgan fingerprint density at radius 2 is 0.873 bits per heavy atom. The van der Waals surface area contributed by atoms with Crippen molar-refractivity contribution in [2.75, 3.05) is 0 Å². The first-order valence-electron chi connectivity index (χ1n) is 21.2. The normalized spacial score (nSPS) is 13.9. The summed E-state index contributed by atoms with van der Waals surface area (Å²) in [6.07, 6.45) is 9.01. The number of furan rings is 1. The molecule has 11 heteroatoms. The van der Waals surface area contributed by atoms with Crippen molar-refractivity contribution >= 4 is 93.2 Å². The smallest absolute Gasteiger partial charge is 0.246 e. The van der Waals surface area contributed by atoms with Gasteiger partial charge in [-0.15, -0.1) is 0 Å². The number of rotatable bonds is 4. The lowest BCUT2D eigenvalue weighted by atomic mass is 9.36. The summed E-state index contributed by atoms with van der Waals surface area (Å²) in [6.45, 7) is 8.90. The van der Waals surface area contributed by atoms with E-state index in [1.54, 1.807) is 0 Å². The standard InChI is InChI=1S/C52H38B2N4OS4/c1-29-31(3)57(27-55(29)5)36-15-19-45-40(24-36)53-38-21-33(13-17-43(38)60-47-9-7-11-49(62-45)51(47)53)35-23-42(59-26-35)34-14-18-44-39(22-34)54-41-25-37(58-28-56(6)30(2)32(58)4)16-20-46(41)63-50-12-8-10-48(61-44)52(50)54/h7-26H,1-6H3. The van der Waals surface area contributed by atoms with Gasteiger partial charge >= 0.3 is 0 Å². The average Bonchev–Trinajstić information content (AvgIpc) is 3.98. The van der Waals surface area contributed by atoms with E-state index in [-0.39, 0.29) is 13.4 Å². The maximum Gasteiger partial charge on any atom is 0.246 e. The Balaban J connectivity index is 0.892. The summed E-state index contributed by atoms with van der Waals surface area (Å²) in [5, 5.41) is 0. The highest BCUT2D eigenvalue weighted by Crippen LogP contribution is 2.42. The summed E-state index contributed by atoms with van der Waals surface area (Å²) in [5.41, 5.74) is 18.7. The van der Waals surface area contributed by atoms with Gasteiger partial charge in [-0.05, 0) is 86.6 Å². The summed E-state index contributed by atoms with van der Waals surface area (Å²) in [7, 11) is 4.14. The van der Waals surface area contributed by atoms with E-state index in [1.165, 1.54) is 94.7 Å². The molecule has 0 fully saturated rings. The summed E-state index contributed by atoms with van der Waals surface area (Å²) in [6, 6.07) is 43.7. The number of aryl methyl sites for hydroxylation is 2. The zero-order valence-electron chi connectivity index (χ0n) is 35.5. The summed E-state index contributed by atoms with van der Waals surface area (Å²) >= 11 is 7.56. The molecule has 4 aliphatic rings. The lowest BCUT2D eigenvalue weighted by molar-refractivity contribution is -0.681. The summed E-state index contributed by atoms with van der Waals surface area (Å²) in [5.74, 6) is 0.877. The van der Waals surface area contributed by atoms with E-state index in [0.29, 0.717) is 0 Å². The van der Waals surface area contributed by atoms with Crippen LogP contribution in [0.15, 0.2) is 165 Å². The van der Waals surface area contributed by atoms with Crippen LogP contribution in [-0.2, 0) is 14.1 Å². The minimum atomic E-state index is 0.109. The predicted molar refractivity (Wildman–Crippen MR) is 259 cm³/mol. The Bertz CT molecular complexity index is 3220. The lowest BCUT2D eigenvalue weighted by Gasteiger charge is -2.33. The van der Waals surface area contributed by atoms with Crippen molar-refractivity contribution in [1.29, 1.82) is 0 Å². The number of hydrogen-bond donors (Lipinski definition) is 0. The van der Waals surface area contributed by atoms with Crippen LogP contribution in [-0.4, -0.2) is 22.6 Å².